The molecule has 1 nitrogen and oxygen atoms in total. The SMILES string of the molecule is C=C/C=c1/c(-c2ccc(-n3c4c(c(C=C)c3/C=C\C)CCC=C4)cc2)c(C)cccccc(-c2ccc3ccccc3c2)/c1=C/C. The Morgan fingerprint density at radius 3 is 2.24 bits per heavy atom. The second kappa shape index (κ2) is 13.7. The molecule has 1 heteroatoms. The van der Waals surface area contributed by atoms with Crippen molar-refractivity contribution in [3.8, 4) is 27.9 Å². The number of rotatable bonds is 6. The highest BCUT2D eigenvalue weighted by molar-refractivity contribution is 5.87. The van der Waals surface area contributed by atoms with Gasteiger partial charge in [0.1, 0.15) is 0 Å². The standard InChI is InChI=1S/C45H41N/c1-6-17-42-38(8-3)40(36-26-25-33-20-13-14-21-35(33)31-36)22-12-10-11-19-32(5)45(42)34-27-29-37(30-28-34)46-43(18-7-2)39(9-4)41-23-15-16-24-44(41)46/h6-14,16-22,24-31H,1,4,15,23H2,2-3,5H3/b12-10?,18-7-,19-11?,38-8-,40-22?,42-17+,45-32?. The monoisotopic (exact) mass is 595 g/mol. The Morgan fingerprint density at radius 2 is 1.50 bits per heavy atom. The number of aryl methyl sites for hydroxylation is 1. The van der Waals surface area contributed by atoms with Crippen LogP contribution in [0, 0.1) is 6.92 Å². The molecule has 1 aromatic heterocycles. The molecule has 0 bridgehead atoms. The summed E-state index contributed by atoms with van der Waals surface area (Å²) < 4.78 is 2.38. The van der Waals surface area contributed by atoms with Gasteiger partial charge in [-0.3, -0.25) is 0 Å². The maximum absolute atomic E-state index is 4.17. The molecular weight excluding hydrogens is 555 g/mol. The molecule has 1 aliphatic carbocycles. The molecule has 4 aromatic carbocycles. The van der Waals surface area contributed by atoms with Gasteiger partial charge in [-0.25, -0.2) is 0 Å². The van der Waals surface area contributed by atoms with Crippen LogP contribution in [0.3, 0.4) is 0 Å². The van der Waals surface area contributed by atoms with Gasteiger partial charge in [-0.2, -0.15) is 0 Å². The fraction of sp³-hybridized carbons (Fsp3) is 0.111. The summed E-state index contributed by atoms with van der Waals surface area (Å²) >= 11 is 0. The van der Waals surface area contributed by atoms with Crippen LogP contribution in [0.1, 0.15) is 48.3 Å². The van der Waals surface area contributed by atoms with Crippen molar-refractivity contribution >= 4 is 41.2 Å². The number of fused-ring (bicyclic) bond motifs is 2. The van der Waals surface area contributed by atoms with Crippen LogP contribution < -0.4 is 10.4 Å². The predicted molar refractivity (Wildman–Crippen MR) is 203 cm³/mol. The van der Waals surface area contributed by atoms with Crippen LogP contribution in [0.4, 0.5) is 0 Å². The molecule has 0 N–H and O–H groups in total. The van der Waals surface area contributed by atoms with Gasteiger partial charge in [0.15, 0.2) is 0 Å². The largest absolute Gasteiger partial charge is 0.310 e. The molecule has 0 saturated carbocycles. The van der Waals surface area contributed by atoms with Gasteiger partial charge in [0.05, 0.1) is 5.69 Å². The van der Waals surface area contributed by atoms with Crippen LogP contribution in [0.15, 0.2) is 128 Å². The van der Waals surface area contributed by atoms with Crippen molar-refractivity contribution in [2.24, 2.45) is 0 Å². The van der Waals surface area contributed by atoms with Crippen molar-refractivity contribution in [2.45, 2.75) is 33.6 Å². The summed E-state index contributed by atoms with van der Waals surface area (Å²) in [6, 6.07) is 35.1. The molecule has 0 radical (unpaired) electrons. The zero-order valence-electron chi connectivity index (χ0n) is 27.1. The Kier molecular flexibility index (Phi) is 9.13. The van der Waals surface area contributed by atoms with Gasteiger partial charge < -0.3 is 4.57 Å². The van der Waals surface area contributed by atoms with Crippen molar-refractivity contribution in [3.63, 3.8) is 0 Å². The minimum atomic E-state index is 1.03. The van der Waals surface area contributed by atoms with E-state index in [1.807, 2.05) is 12.2 Å². The van der Waals surface area contributed by atoms with E-state index in [-0.39, 0.29) is 0 Å². The lowest BCUT2D eigenvalue weighted by Gasteiger charge is -2.14. The predicted octanol–water partition coefficient (Wildman–Crippen LogP) is 10.8. The molecule has 226 valence electrons. The average Bonchev–Trinajstić information content (AvgIpc) is 3.40. The zero-order chi connectivity index (χ0) is 32.0. The van der Waals surface area contributed by atoms with Crippen molar-refractivity contribution in [2.75, 3.05) is 0 Å². The Hall–Kier alpha value is -5.40. The summed E-state index contributed by atoms with van der Waals surface area (Å²) in [7, 11) is 0. The summed E-state index contributed by atoms with van der Waals surface area (Å²) in [5, 5.41) is 4.78. The molecule has 0 fully saturated rings. The third-order valence-corrected chi connectivity index (χ3v) is 8.88. The van der Waals surface area contributed by atoms with Crippen molar-refractivity contribution < 1.29 is 0 Å². The Labute approximate surface area is 273 Å². The molecule has 0 unspecified atom stereocenters. The van der Waals surface area contributed by atoms with Crippen molar-refractivity contribution in [3.05, 3.63) is 167 Å². The summed E-state index contributed by atoms with van der Waals surface area (Å²) in [6.07, 6.45) is 19.3. The number of allylic oxidation sites excluding steroid dienone is 3. The van der Waals surface area contributed by atoms with Crippen LogP contribution in [0.2, 0.25) is 0 Å². The number of hydrogen-bond donors (Lipinski definition) is 0. The second-order valence-corrected chi connectivity index (χ2v) is 11.7. The van der Waals surface area contributed by atoms with Crippen molar-refractivity contribution in [1.29, 1.82) is 0 Å². The van der Waals surface area contributed by atoms with Gasteiger partial charge in [-0.15, -0.1) is 0 Å². The van der Waals surface area contributed by atoms with E-state index >= 15 is 0 Å². The van der Waals surface area contributed by atoms with E-state index < -0.39 is 0 Å². The summed E-state index contributed by atoms with van der Waals surface area (Å²) in [4.78, 5) is 0. The Morgan fingerprint density at radius 1 is 0.761 bits per heavy atom. The molecule has 0 saturated heterocycles. The number of benzene rings is 3. The first-order chi connectivity index (χ1) is 22.6. The van der Waals surface area contributed by atoms with Gasteiger partial charge in [0, 0.05) is 16.9 Å². The molecule has 1 aliphatic rings. The number of hydrogen-bond acceptors (Lipinski definition) is 0. The molecule has 0 spiro atoms. The first kappa shape index (κ1) is 30.6. The third-order valence-electron chi connectivity index (χ3n) is 8.88. The third kappa shape index (κ3) is 5.73. The Balaban J connectivity index is 1.62. The second-order valence-electron chi connectivity index (χ2n) is 11.7. The number of aromatic nitrogens is 1. The molecule has 0 amide bonds. The van der Waals surface area contributed by atoms with Crippen LogP contribution in [0.25, 0.3) is 69.1 Å². The molecule has 1 heterocycles. The minimum absolute atomic E-state index is 1.03. The fourth-order valence-corrected chi connectivity index (χ4v) is 6.82. The molecule has 0 aliphatic heterocycles. The van der Waals surface area contributed by atoms with E-state index in [1.165, 1.54) is 60.8 Å². The van der Waals surface area contributed by atoms with E-state index in [1.54, 1.807) is 0 Å². The first-order valence-electron chi connectivity index (χ1n) is 16.1. The molecule has 0 atom stereocenters. The van der Waals surface area contributed by atoms with Gasteiger partial charge in [0.2, 0.25) is 0 Å². The lowest BCUT2D eigenvalue weighted by molar-refractivity contribution is 0.955. The fourth-order valence-electron chi connectivity index (χ4n) is 6.82. The van der Waals surface area contributed by atoms with Crippen LogP contribution in [-0.4, -0.2) is 4.57 Å². The molecule has 5 aromatic rings. The lowest BCUT2D eigenvalue weighted by atomic mass is 9.94. The number of nitrogens with zero attached hydrogens (tertiary/aromatic N) is 1. The zero-order valence-corrected chi connectivity index (χ0v) is 27.1. The summed E-state index contributed by atoms with van der Waals surface area (Å²) in [5.41, 5.74) is 12.1. The van der Waals surface area contributed by atoms with Gasteiger partial charge in [0.25, 0.3) is 0 Å². The normalized spacial score (nSPS) is 13.2. The van der Waals surface area contributed by atoms with Crippen molar-refractivity contribution in [1.82, 2.24) is 4.57 Å². The maximum atomic E-state index is 4.17. The topological polar surface area (TPSA) is 4.93 Å². The van der Waals surface area contributed by atoms with Gasteiger partial charge >= 0.3 is 0 Å². The van der Waals surface area contributed by atoms with Gasteiger partial charge in [-0.1, -0.05) is 128 Å². The van der Waals surface area contributed by atoms with Crippen LogP contribution in [-0.2, 0) is 6.42 Å². The van der Waals surface area contributed by atoms with E-state index in [2.05, 4.69) is 172 Å². The first-order valence-corrected chi connectivity index (χ1v) is 16.1. The van der Waals surface area contributed by atoms with Crippen LogP contribution >= 0.6 is 0 Å². The molecule has 6 rings (SSSR count). The van der Waals surface area contributed by atoms with E-state index in [9.17, 15) is 0 Å². The van der Waals surface area contributed by atoms with E-state index in [0.29, 0.717) is 0 Å². The van der Waals surface area contributed by atoms with E-state index in [4.69, 9.17) is 0 Å². The minimum Gasteiger partial charge on any atom is -0.310 e. The molecule has 46 heavy (non-hydrogen) atoms. The van der Waals surface area contributed by atoms with Crippen LogP contribution in [0.5, 0.6) is 0 Å². The van der Waals surface area contributed by atoms with Gasteiger partial charge in [-0.05, 0) is 119 Å². The van der Waals surface area contributed by atoms with E-state index in [0.717, 1.165) is 29.3 Å². The average molecular weight is 596 g/mol. The smallest absolute Gasteiger partial charge is 0.0534 e. The highest BCUT2D eigenvalue weighted by Crippen LogP contribution is 2.34. The Bertz CT molecular complexity index is 2200. The highest BCUT2D eigenvalue weighted by Gasteiger charge is 2.20. The lowest BCUT2D eigenvalue weighted by Crippen LogP contribution is -2.27. The maximum Gasteiger partial charge on any atom is 0.0534 e. The summed E-state index contributed by atoms with van der Waals surface area (Å²) in [6.45, 7) is 14.7. The quantitative estimate of drug-likeness (QED) is 0.184. The molecular formula is C45H41N. The summed E-state index contributed by atoms with van der Waals surface area (Å²) in [5.74, 6) is 0. The highest BCUT2D eigenvalue weighted by atomic mass is 15.0.